The molecule has 0 saturated heterocycles. The minimum absolute atomic E-state index is 0. The van der Waals surface area contributed by atoms with Crippen LogP contribution in [0, 0.1) is 38.1 Å². The molecule has 25 heavy (non-hydrogen) atoms. The summed E-state index contributed by atoms with van der Waals surface area (Å²) >= 11 is 0. The predicted molar refractivity (Wildman–Crippen MR) is 103 cm³/mol. The molecule has 124 valence electrons. The van der Waals surface area contributed by atoms with E-state index in [9.17, 15) is 0 Å². The van der Waals surface area contributed by atoms with Gasteiger partial charge in [0, 0.05) is 0 Å². The summed E-state index contributed by atoms with van der Waals surface area (Å²) in [6, 6.07) is 21.9. The van der Waals surface area contributed by atoms with Crippen LogP contribution in [0.15, 0.2) is 85.0 Å². The summed E-state index contributed by atoms with van der Waals surface area (Å²) in [6.07, 6.45) is 20.0. The third-order valence-corrected chi connectivity index (χ3v) is 2.90. The van der Waals surface area contributed by atoms with E-state index in [0.717, 1.165) is 12.8 Å². The van der Waals surface area contributed by atoms with Crippen LogP contribution < -0.4 is 0 Å². The van der Waals surface area contributed by atoms with E-state index in [1.165, 1.54) is 11.1 Å². The molecule has 2 aliphatic carbocycles. The first-order valence-corrected chi connectivity index (χ1v) is 8.09. The summed E-state index contributed by atoms with van der Waals surface area (Å²) < 4.78 is 0. The Bertz CT molecular complexity index is 555. The van der Waals surface area contributed by atoms with E-state index in [4.69, 9.17) is 0 Å². The predicted octanol–water partition coefficient (Wildman–Crippen LogP) is 6.20. The van der Waals surface area contributed by atoms with Crippen molar-refractivity contribution >= 4 is 0 Å². The van der Waals surface area contributed by atoms with Crippen LogP contribution in [0.5, 0.6) is 0 Å². The molecule has 0 heterocycles. The SMILES string of the molecule is Cc1[c-]cccc1.Cc1[c-]cccc1.[C-]1=CC=CC1.[C-]1=CC=CC1.[Ti+4]. The fraction of sp³-hybridized carbons (Fsp3) is 0.167. The molecule has 1 heteroatoms. The largest absolute Gasteiger partial charge is 4.00 e. The monoisotopic (exact) mass is 360 g/mol. The van der Waals surface area contributed by atoms with Crippen molar-refractivity contribution in [3.8, 4) is 0 Å². The smallest absolute Gasteiger partial charge is 0.273 e. The van der Waals surface area contributed by atoms with E-state index in [1.807, 2.05) is 86.7 Å². The van der Waals surface area contributed by atoms with Crippen LogP contribution in [0.25, 0.3) is 0 Å². The zero-order chi connectivity index (χ0) is 17.3. The average Bonchev–Trinajstić information content (AvgIpc) is 3.36. The van der Waals surface area contributed by atoms with Crippen molar-refractivity contribution < 1.29 is 21.7 Å². The molecule has 0 bridgehead atoms. The molecular formula is C24H24Ti. The van der Waals surface area contributed by atoms with Gasteiger partial charge >= 0.3 is 21.7 Å². The molecular weight excluding hydrogens is 336 g/mol. The third-order valence-electron chi connectivity index (χ3n) is 2.90. The summed E-state index contributed by atoms with van der Waals surface area (Å²) in [6.45, 7) is 4.06. The standard InChI is InChI=1S/2C7H7.2C5H5.Ti/c2*1-7-5-3-2-4-6-7;2*1-2-4-5-3-1;/h2*2-5H,1H3;2*1-3H,4H2;/q4*-1;+4. The molecule has 0 unspecified atom stereocenters. The first-order valence-electron chi connectivity index (χ1n) is 8.09. The second-order valence-corrected chi connectivity index (χ2v) is 5.10. The molecule has 4 rings (SSSR count). The van der Waals surface area contributed by atoms with Gasteiger partial charge in [-0.2, -0.15) is 83.9 Å². The van der Waals surface area contributed by atoms with Crippen molar-refractivity contribution in [3.05, 3.63) is 120 Å². The normalized spacial score (nSPS) is 11.9. The Balaban J connectivity index is 0.000000307. The minimum Gasteiger partial charge on any atom is -0.273 e. The van der Waals surface area contributed by atoms with Gasteiger partial charge in [-0.25, -0.2) is 24.3 Å². The fourth-order valence-corrected chi connectivity index (χ4v) is 1.65. The molecule has 0 fully saturated rings. The van der Waals surface area contributed by atoms with Crippen LogP contribution in [0.2, 0.25) is 0 Å². The zero-order valence-corrected chi connectivity index (χ0v) is 16.6. The molecule has 2 aliphatic rings. The van der Waals surface area contributed by atoms with Crippen LogP contribution in [-0.2, 0) is 21.7 Å². The van der Waals surface area contributed by atoms with E-state index >= 15 is 0 Å². The first-order chi connectivity index (χ1) is 11.8. The molecule has 0 nitrogen and oxygen atoms in total. The van der Waals surface area contributed by atoms with Gasteiger partial charge in [0.1, 0.15) is 0 Å². The van der Waals surface area contributed by atoms with Crippen LogP contribution in [0.4, 0.5) is 0 Å². The van der Waals surface area contributed by atoms with Crippen molar-refractivity contribution in [3.63, 3.8) is 0 Å². The third kappa shape index (κ3) is 15.4. The maximum atomic E-state index is 3.03. The molecule has 2 aromatic carbocycles. The van der Waals surface area contributed by atoms with Crippen molar-refractivity contribution in [2.75, 3.05) is 0 Å². The van der Waals surface area contributed by atoms with Crippen molar-refractivity contribution in [2.24, 2.45) is 0 Å². The molecule has 0 radical (unpaired) electrons. The van der Waals surface area contributed by atoms with Crippen LogP contribution in [0.1, 0.15) is 24.0 Å². The van der Waals surface area contributed by atoms with Crippen molar-refractivity contribution in [2.45, 2.75) is 26.7 Å². The van der Waals surface area contributed by atoms with Gasteiger partial charge in [-0.05, 0) is 0 Å². The molecule has 2 aromatic rings. The van der Waals surface area contributed by atoms with Crippen LogP contribution >= 0.6 is 0 Å². The molecule has 0 saturated carbocycles. The fourth-order valence-electron chi connectivity index (χ4n) is 1.65. The Hall–Kier alpha value is -1.89. The quantitative estimate of drug-likeness (QED) is 0.388. The maximum Gasteiger partial charge on any atom is 4.00 e. The Morgan fingerprint density at radius 2 is 1.12 bits per heavy atom. The Morgan fingerprint density at radius 3 is 1.24 bits per heavy atom. The molecule has 0 spiro atoms. The molecule has 0 aromatic heterocycles. The van der Waals surface area contributed by atoms with E-state index in [0.29, 0.717) is 0 Å². The molecule has 0 N–H and O–H groups in total. The number of benzene rings is 2. The van der Waals surface area contributed by atoms with Crippen molar-refractivity contribution in [1.82, 2.24) is 0 Å². The van der Waals surface area contributed by atoms with Gasteiger partial charge in [-0.3, -0.25) is 12.2 Å². The summed E-state index contributed by atoms with van der Waals surface area (Å²) in [7, 11) is 0. The number of hydrogen-bond acceptors (Lipinski definition) is 0. The molecule has 0 aliphatic heterocycles. The minimum atomic E-state index is 0. The van der Waals surface area contributed by atoms with Gasteiger partial charge in [0.05, 0.1) is 0 Å². The average molecular weight is 360 g/mol. The van der Waals surface area contributed by atoms with Gasteiger partial charge in [0.15, 0.2) is 0 Å². The van der Waals surface area contributed by atoms with Gasteiger partial charge in [0.2, 0.25) is 0 Å². The van der Waals surface area contributed by atoms with Crippen molar-refractivity contribution in [1.29, 1.82) is 0 Å². The summed E-state index contributed by atoms with van der Waals surface area (Å²) in [4.78, 5) is 0. The van der Waals surface area contributed by atoms with E-state index < -0.39 is 0 Å². The Labute approximate surface area is 168 Å². The second kappa shape index (κ2) is 17.0. The van der Waals surface area contributed by atoms with E-state index in [2.05, 4.69) is 36.4 Å². The van der Waals surface area contributed by atoms with Gasteiger partial charge < -0.3 is 0 Å². The number of hydrogen-bond donors (Lipinski definition) is 0. The van der Waals surface area contributed by atoms with Crippen LogP contribution in [0.3, 0.4) is 0 Å². The topological polar surface area (TPSA) is 0 Å². The second-order valence-electron chi connectivity index (χ2n) is 5.10. The first kappa shape index (κ1) is 23.1. The number of allylic oxidation sites excluding steroid dienone is 8. The molecule has 0 atom stereocenters. The van der Waals surface area contributed by atoms with Gasteiger partial charge in [0.25, 0.3) is 0 Å². The summed E-state index contributed by atoms with van der Waals surface area (Å²) in [5, 5.41) is 0. The summed E-state index contributed by atoms with van der Waals surface area (Å²) in [5.41, 5.74) is 2.39. The van der Waals surface area contributed by atoms with E-state index in [-0.39, 0.29) is 21.7 Å². The number of rotatable bonds is 0. The van der Waals surface area contributed by atoms with E-state index in [1.54, 1.807) is 0 Å². The van der Waals surface area contributed by atoms with Gasteiger partial charge in [-0.15, -0.1) is 12.8 Å². The van der Waals surface area contributed by atoms with Crippen LogP contribution in [-0.4, -0.2) is 0 Å². The molecule has 0 amide bonds. The zero-order valence-electron chi connectivity index (χ0n) is 15.0. The van der Waals surface area contributed by atoms with Gasteiger partial charge in [-0.1, -0.05) is 13.8 Å². The summed E-state index contributed by atoms with van der Waals surface area (Å²) in [5.74, 6) is 0. The Morgan fingerprint density at radius 1 is 0.680 bits per heavy atom. The Kier molecular flexibility index (Phi) is 15.7. The number of aryl methyl sites for hydroxylation is 2. The maximum absolute atomic E-state index is 3.03.